The minimum absolute atomic E-state index is 0.0643. The highest BCUT2D eigenvalue weighted by Gasteiger charge is 2.18. The molecule has 146 valence electrons. The number of nitrogens with one attached hydrogen (secondary N) is 3. The van der Waals surface area contributed by atoms with E-state index >= 15 is 0 Å². The number of hydrogen-bond acceptors (Lipinski definition) is 6. The quantitative estimate of drug-likeness (QED) is 0.280. The first kappa shape index (κ1) is 20.3. The second kappa shape index (κ2) is 8.68. The van der Waals surface area contributed by atoms with E-state index in [1.165, 1.54) is 0 Å². The van der Waals surface area contributed by atoms with Crippen LogP contribution in [0.5, 0.6) is 17.4 Å². The summed E-state index contributed by atoms with van der Waals surface area (Å²) in [5.74, 6) is 0.995. The van der Waals surface area contributed by atoms with Crippen molar-refractivity contribution in [3.05, 3.63) is 58.1 Å². The van der Waals surface area contributed by atoms with Crippen LogP contribution in [0.25, 0.3) is 0 Å². The first-order valence-electron chi connectivity index (χ1n) is 8.37. The van der Waals surface area contributed by atoms with Crippen molar-refractivity contribution in [2.75, 3.05) is 5.32 Å². The van der Waals surface area contributed by atoms with Gasteiger partial charge in [-0.05, 0) is 61.8 Å². The fourth-order valence-corrected chi connectivity index (χ4v) is 3.41. The van der Waals surface area contributed by atoms with Crippen molar-refractivity contribution >= 4 is 51.3 Å². The van der Waals surface area contributed by atoms with Gasteiger partial charge in [0.2, 0.25) is 5.88 Å². The summed E-state index contributed by atoms with van der Waals surface area (Å²) >= 11 is 13.2. The van der Waals surface area contributed by atoms with Crippen LogP contribution in [0.15, 0.2) is 42.5 Å². The summed E-state index contributed by atoms with van der Waals surface area (Å²) < 4.78 is 9.70. The minimum Gasteiger partial charge on any atom is -0.492 e. The molecule has 28 heavy (non-hydrogen) atoms. The van der Waals surface area contributed by atoms with E-state index in [9.17, 15) is 5.11 Å². The van der Waals surface area contributed by atoms with E-state index in [0.29, 0.717) is 32.1 Å². The number of nitrogens with zero attached hydrogens (tertiary/aromatic N) is 1. The van der Waals surface area contributed by atoms with Crippen LogP contribution in [0.1, 0.15) is 19.4 Å². The van der Waals surface area contributed by atoms with Gasteiger partial charge in [0, 0.05) is 22.8 Å². The Morgan fingerprint density at radius 1 is 1.18 bits per heavy atom. The van der Waals surface area contributed by atoms with Gasteiger partial charge in [0.25, 0.3) is 0 Å². The molecule has 4 N–H and O–H groups in total. The van der Waals surface area contributed by atoms with Crippen molar-refractivity contribution in [2.45, 2.75) is 19.9 Å². The maximum atomic E-state index is 9.98. The van der Waals surface area contributed by atoms with Crippen LogP contribution in [0.3, 0.4) is 0 Å². The Kier molecular flexibility index (Phi) is 6.28. The van der Waals surface area contributed by atoms with E-state index < -0.39 is 0 Å². The molecule has 1 aromatic heterocycles. The Labute approximate surface area is 176 Å². The summed E-state index contributed by atoms with van der Waals surface area (Å²) in [5, 5.41) is 25.8. The van der Waals surface area contributed by atoms with E-state index in [4.69, 9.17) is 33.3 Å². The van der Waals surface area contributed by atoms with Crippen LogP contribution < -0.4 is 15.4 Å². The normalized spacial score (nSPS) is 10.8. The predicted molar refractivity (Wildman–Crippen MR) is 115 cm³/mol. The lowest BCUT2D eigenvalue weighted by atomic mass is 10.2. The maximum absolute atomic E-state index is 9.98. The maximum Gasteiger partial charge on any atom is 0.236 e. The molecule has 0 atom stereocenters. The second-order valence-electron chi connectivity index (χ2n) is 6.21. The van der Waals surface area contributed by atoms with Gasteiger partial charge in [-0.15, -0.1) is 0 Å². The van der Waals surface area contributed by atoms with Gasteiger partial charge in [0.15, 0.2) is 0 Å². The number of ether oxygens (including phenoxy) is 1. The third-order valence-corrected chi connectivity index (χ3v) is 4.89. The fraction of sp³-hybridized carbons (Fsp3) is 0.158. The molecular weight excluding hydrogens is 419 g/mol. The van der Waals surface area contributed by atoms with E-state index in [1.807, 2.05) is 26.0 Å². The Bertz CT molecular complexity index is 990. The molecule has 0 aliphatic heterocycles. The summed E-state index contributed by atoms with van der Waals surface area (Å²) in [6.45, 7) is 3.84. The number of aromatic hydroxyl groups is 1. The highest BCUT2D eigenvalue weighted by molar-refractivity contribution is 7.11. The average molecular weight is 437 g/mol. The van der Waals surface area contributed by atoms with E-state index in [0.717, 1.165) is 17.2 Å². The average Bonchev–Trinajstić information content (AvgIpc) is 2.99. The number of rotatable bonds is 6. The smallest absolute Gasteiger partial charge is 0.236 e. The lowest BCUT2D eigenvalue weighted by molar-refractivity contribution is 0.458. The Hall–Kier alpha value is -2.48. The highest BCUT2D eigenvalue weighted by Crippen LogP contribution is 2.34. The van der Waals surface area contributed by atoms with Gasteiger partial charge in [-0.25, -0.2) is 0 Å². The molecule has 1 heterocycles. The van der Waals surface area contributed by atoms with Gasteiger partial charge in [-0.1, -0.05) is 23.2 Å². The zero-order valence-corrected chi connectivity index (χ0v) is 17.4. The lowest BCUT2D eigenvalue weighted by Crippen LogP contribution is -2.30. The van der Waals surface area contributed by atoms with E-state index in [2.05, 4.69) is 15.0 Å². The topological polar surface area (TPSA) is 90.3 Å². The summed E-state index contributed by atoms with van der Waals surface area (Å²) in [5.41, 5.74) is 1.09. The van der Waals surface area contributed by atoms with Crippen molar-refractivity contribution in [1.29, 1.82) is 5.41 Å². The van der Waals surface area contributed by atoms with Gasteiger partial charge in [0.05, 0.1) is 5.02 Å². The van der Waals surface area contributed by atoms with Crippen molar-refractivity contribution in [3.8, 4) is 17.4 Å². The number of hydrogen-bond donors (Lipinski definition) is 4. The lowest BCUT2D eigenvalue weighted by Gasteiger charge is -2.13. The number of anilines is 2. The zero-order valence-electron chi connectivity index (χ0n) is 15.1. The van der Waals surface area contributed by atoms with Crippen molar-refractivity contribution in [3.63, 3.8) is 0 Å². The summed E-state index contributed by atoms with van der Waals surface area (Å²) in [6.07, 6.45) is 0. The molecule has 0 bridgehead atoms. The molecular formula is C19H18Cl2N4O2S. The molecule has 0 aliphatic carbocycles. The summed E-state index contributed by atoms with van der Waals surface area (Å²) in [4.78, 5) is 0. The molecule has 2 aromatic carbocycles. The number of benzene rings is 2. The monoisotopic (exact) mass is 436 g/mol. The molecule has 3 rings (SSSR count). The van der Waals surface area contributed by atoms with E-state index in [1.54, 1.807) is 30.3 Å². The Morgan fingerprint density at radius 3 is 2.57 bits per heavy atom. The molecule has 0 radical (unpaired) electrons. The van der Waals surface area contributed by atoms with Gasteiger partial charge < -0.3 is 20.5 Å². The second-order valence-corrected chi connectivity index (χ2v) is 7.83. The molecule has 9 heteroatoms. The number of aromatic nitrogens is 1. The molecule has 0 saturated heterocycles. The molecule has 3 aromatic rings. The Balaban J connectivity index is 1.75. The van der Waals surface area contributed by atoms with Crippen LogP contribution in [-0.4, -0.2) is 21.4 Å². The molecule has 0 unspecified atom stereocenters. The zero-order chi connectivity index (χ0) is 20.3. The summed E-state index contributed by atoms with van der Waals surface area (Å²) in [7, 11) is 0. The standard InChI is InChI=1S/C19H18Cl2N4O2S/c1-10(2)23-17(22)16-18(26)25-28-19(16)24-12-4-6-13(7-5-12)27-15-9-11(20)3-8-14(15)21/h3-10,24H,1-2H3,(H2,22,23)(H,25,26). The molecule has 0 spiro atoms. The van der Waals surface area contributed by atoms with Gasteiger partial charge in [-0.2, -0.15) is 4.37 Å². The Morgan fingerprint density at radius 2 is 1.89 bits per heavy atom. The van der Waals surface area contributed by atoms with Crippen LogP contribution in [0.4, 0.5) is 10.7 Å². The highest BCUT2D eigenvalue weighted by atomic mass is 35.5. The van der Waals surface area contributed by atoms with Gasteiger partial charge in [-0.3, -0.25) is 5.41 Å². The fourth-order valence-electron chi connectivity index (χ4n) is 2.37. The molecule has 0 saturated carbocycles. The third kappa shape index (κ3) is 4.86. The predicted octanol–water partition coefficient (Wildman–Crippen LogP) is 6.01. The third-order valence-electron chi connectivity index (χ3n) is 3.59. The minimum atomic E-state index is -0.179. The van der Waals surface area contributed by atoms with Gasteiger partial charge >= 0.3 is 0 Å². The van der Waals surface area contributed by atoms with Crippen molar-refractivity contribution < 1.29 is 9.84 Å². The van der Waals surface area contributed by atoms with Crippen LogP contribution in [0, 0.1) is 5.41 Å². The van der Waals surface area contributed by atoms with E-state index in [-0.39, 0.29) is 17.8 Å². The SMILES string of the molecule is CC(C)NC(=N)c1c(O)nsc1Nc1ccc(Oc2cc(Cl)ccc2Cl)cc1. The van der Waals surface area contributed by atoms with Crippen LogP contribution in [-0.2, 0) is 0 Å². The summed E-state index contributed by atoms with van der Waals surface area (Å²) in [6, 6.07) is 12.3. The molecule has 6 nitrogen and oxygen atoms in total. The molecule has 0 aliphatic rings. The molecule has 0 amide bonds. The van der Waals surface area contributed by atoms with Crippen molar-refractivity contribution in [2.24, 2.45) is 0 Å². The first-order chi connectivity index (χ1) is 13.3. The number of amidine groups is 1. The number of halogens is 2. The van der Waals surface area contributed by atoms with Crippen LogP contribution >= 0.6 is 34.7 Å². The largest absolute Gasteiger partial charge is 0.492 e. The van der Waals surface area contributed by atoms with Gasteiger partial charge in [0.1, 0.15) is 27.9 Å². The molecule has 0 fully saturated rings. The van der Waals surface area contributed by atoms with Crippen LogP contribution in [0.2, 0.25) is 10.0 Å². The van der Waals surface area contributed by atoms with Crippen molar-refractivity contribution in [1.82, 2.24) is 9.69 Å². The first-order valence-corrected chi connectivity index (χ1v) is 9.90.